The highest BCUT2D eigenvalue weighted by atomic mass is 32.1. The lowest BCUT2D eigenvalue weighted by atomic mass is 9.97. The fourth-order valence-electron chi connectivity index (χ4n) is 4.78. The Kier molecular flexibility index (Phi) is 14.4. The van der Waals surface area contributed by atoms with Gasteiger partial charge in [0.25, 0.3) is 0 Å². The van der Waals surface area contributed by atoms with Crippen LogP contribution < -0.4 is 48.9 Å². The topological polar surface area (TPSA) is 255 Å². The number of para-hydroxylation sites is 1. The summed E-state index contributed by atoms with van der Waals surface area (Å²) in [7, 11) is 0. The number of carbonyl (C=O) groups is 4. The third-order valence-corrected chi connectivity index (χ3v) is 7.33. The highest BCUT2D eigenvalue weighted by Crippen LogP contribution is 2.20. The first kappa shape index (κ1) is 35.6. The molecule has 0 saturated carbocycles. The lowest BCUT2D eigenvalue weighted by Gasteiger charge is -2.25. The van der Waals surface area contributed by atoms with E-state index in [1.54, 1.807) is 18.3 Å². The highest BCUT2D eigenvalue weighted by Gasteiger charge is 2.32. The number of hydrogen-bond donors (Lipinski definition) is 12. The zero-order valence-electron chi connectivity index (χ0n) is 24.7. The first-order chi connectivity index (χ1) is 21.6. The molecule has 3 atom stereocenters. The Morgan fingerprint density at radius 1 is 0.889 bits per heavy atom. The average molecular weight is 643 g/mol. The molecule has 0 saturated heterocycles. The monoisotopic (exact) mass is 642 g/mol. The molecule has 0 aliphatic rings. The van der Waals surface area contributed by atoms with E-state index >= 15 is 0 Å². The number of hydrogen-bond acceptors (Lipinski definition) is 13. The summed E-state index contributed by atoms with van der Waals surface area (Å²) in [4.78, 5) is 56.4. The van der Waals surface area contributed by atoms with Crippen LogP contribution in [0.2, 0.25) is 0 Å². The normalized spacial score (nSPS) is 13.4. The molecule has 0 aliphatic carbocycles. The second-order valence-electron chi connectivity index (χ2n) is 10.5. The van der Waals surface area contributed by atoms with Gasteiger partial charge in [0.1, 0.15) is 24.1 Å². The van der Waals surface area contributed by atoms with Gasteiger partial charge in [0.15, 0.2) is 0 Å². The van der Waals surface area contributed by atoms with Gasteiger partial charge in [-0.05, 0) is 55.1 Å². The van der Waals surface area contributed by atoms with Crippen LogP contribution >= 0.6 is 12.8 Å². The van der Waals surface area contributed by atoms with Gasteiger partial charge in [-0.1, -0.05) is 43.1 Å². The Bertz CT molecular complexity index is 1420. The van der Waals surface area contributed by atoms with Crippen LogP contribution in [0.4, 0.5) is 0 Å². The number of hydrazine groups is 2. The van der Waals surface area contributed by atoms with Gasteiger partial charge in [-0.15, -0.1) is 0 Å². The third kappa shape index (κ3) is 11.2. The summed E-state index contributed by atoms with van der Waals surface area (Å²) in [6.45, 7) is 0.519. The number of rotatable bonds is 20. The molecule has 2 aromatic carbocycles. The van der Waals surface area contributed by atoms with Crippen LogP contribution in [-0.2, 0) is 32.0 Å². The van der Waals surface area contributed by atoms with Crippen LogP contribution in [0.25, 0.3) is 10.9 Å². The molecule has 3 aromatic rings. The molecule has 45 heavy (non-hydrogen) atoms. The van der Waals surface area contributed by atoms with E-state index in [0.717, 1.165) is 22.0 Å². The lowest BCUT2D eigenvalue weighted by Crippen LogP contribution is -2.58. The third-order valence-electron chi connectivity index (χ3n) is 7.10. The zero-order valence-corrected chi connectivity index (χ0v) is 25.6. The number of amides is 2. The molecular weight excluding hydrogens is 600 g/mol. The number of benzene rings is 2. The first-order valence-electron chi connectivity index (χ1n) is 14.5. The van der Waals surface area contributed by atoms with Crippen LogP contribution in [0.5, 0.6) is 5.75 Å². The summed E-state index contributed by atoms with van der Waals surface area (Å²) in [5, 5.41) is 18.8. The number of nitrogens with two attached hydrogens (primary N) is 3. The van der Waals surface area contributed by atoms with Crippen molar-refractivity contribution in [3.8, 4) is 5.75 Å². The maximum absolute atomic E-state index is 13.7. The van der Waals surface area contributed by atoms with Crippen LogP contribution in [-0.4, -0.2) is 71.0 Å². The van der Waals surface area contributed by atoms with E-state index in [9.17, 15) is 24.3 Å². The van der Waals surface area contributed by atoms with Gasteiger partial charge >= 0.3 is 0 Å². The van der Waals surface area contributed by atoms with Crippen molar-refractivity contribution in [2.24, 2.45) is 17.3 Å². The van der Waals surface area contributed by atoms with E-state index in [2.05, 4.69) is 49.4 Å². The summed E-state index contributed by atoms with van der Waals surface area (Å²) >= 11 is 3.88. The van der Waals surface area contributed by atoms with Crippen molar-refractivity contribution in [2.45, 2.75) is 56.5 Å². The van der Waals surface area contributed by atoms with Crippen LogP contribution in [0.1, 0.15) is 30.4 Å². The van der Waals surface area contributed by atoms with E-state index < -0.39 is 47.8 Å². The number of nitrogens with one attached hydrogen (secondary N) is 7. The highest BCUT2D eigenvalue weighted by molar-refractivity contribution is 7.78. The molecule has 0 unspecified atom stereocenters. The molecule has 16 heteroatoms. The fraction of sp³-hybridized carbons (Fsp3) is 0.379. The van der Waals surface area contributed by atoms with Gasteiger partial charge in [-0.3, -0.25) is 35.1 Å². The predicted octanol–water partition coefficient (Wildman–Crippen LogP) is -1.50. The standard InChI is InChI=1S/C29H42N10O5S/c30-29(31)33-12-3-6-22(36-28(44)24(38-39-32)14-17-7-9-19(40)10-8-17)27(43)37-23(26(42)25(41)11-13-35-45)15-18-16-34-21-5-2-1-4-20(18)21/h1-2,4-5,7-10,16,22-24,29,33-35,38-40,45H,3,6,11-15,30-32H2,(H,36,44)(H,37,43)/t22-,23-,24-/m0/s1. The first-order valence-corrected chi connectivity index (χ1v) is 14.9. The number of fused-ring (bicyclic) bond motifs is 1. The summed E-state index contributed by atoms with van der Waals surface area (Å²) in [5.74, 6) is 2.89. The van der Waals surface area contributed by atoms with Gasteiger partial charge in [0, 0.05) is 36.5 Å². The molecule has 0 spiro atoms. The molecule has 244 valence electrons. The molecular formula is C29H42N10O5S. The van der Waals surface area contributed by atoms with Gasteiger partial charge < -0.3 is 32.2 Å². The molecule has 15 nitrogen and oxygen atoms in total. The van der Waals surface area contributed by atoms with Crippen molar-refractivity contribution < 1.29 is 24.3 Å². The number of phenols is 1. The van der Waals surface area contributed by atoms with E-state index in [0.29, 0.717) is 13.0 Å². The molecule has 1 aromatic heterocycles. The Labute approximate surface area is 266 Å². The maximum atomic E-state index is 13.7. The smallest absolute Gasteiger partial charge is 0.243 e. The van der Waals surface area contributed by atoms with Crippen LogP contribution in [0, 0.1) is 0 Å². The SMILES string of the molecule is NNN[C@@H](Cc1ccc(O)cc1)C(=O)N[C@@H](CCCNC(N)N)C(=O)N[C@@H](Cc1c[nH]c2ccccc12)C(=O)C(=O)CCNS. The molecule has 3 rings (SSSR count). The average Bonchev–Trinajstić information content (AvgIpc) is 3.43. The van der Waals surface area contributed by atoms with E-state index in [4.69, 9.17) is 17.3 Å². The predicted molar refractivity (Wildman–Crippen MR) is 173 cm³/mol. The minimum Gasteiger partial charge on any atom is -0.508 e. The molecule has 1 heterocycles. The summed E-state index contributed by atoms with van der Waals surface area (Å²) in [6.07, 6.45) is 1.62. The van der Waals surface area contributed by atoms with Crippen molar-refractivity contribution in [3.63, 3.8) is 0 Å². The molecule has 0 aliphatic heterocycles. The number of aromatic amines is 1. The minimum atomic E-state index is -1.20. The number of Topliss-reactive ketones (excluding diaryl/α,β-unsaturated/α-hetero) is 2. The summed E-state index contributed by atoms with van der Waals surface area (Å²) in [5.41, 5.74) is 18.4. The number of H-pyrrole nitrogens is 1. The molecule has 2 amide bonds. The molecule has 0 bridgehead atoms. The largest absolute Gasteiger partial charge is 0.508 e. The Hall–Kier alpha value is -3.87. The number of ketones is 2. The van der Waals surface area contributed by atoms with Gasteiger partial charge in [-0.25, -0.2) is 5.43 Å². The summed E-state index contributed by atoms with van der Waals surface area (Å²) < 4.78 is 2.55. The van der Waals surface area contributed by atoms with Crippen LogP contribution in [0.3, 0.4) is 0 Å². The number of thiol groups is 1. The number of carbonyl (C=O) groups excluding carboxylic acids is 4. The number of aromatic nitrogens is 1. The molecule has 0 radical (unpaired) electrons. The van der Waals surface area contributed by atoms with E-state index in [1.165, 1.54) is 12.1 Å². The molecule has 0 fully saturated rings. The number of aromatic hydroxyl groups is 1. The molecule has 14 N–H and O–H groups in total. The van der Waals surface area contributed by atoms with Crippen molar-refractivity contribution in [2.75, 3.05) is 13.1 Å². The second-order valence-corrected chi connectivity index (χ2v) is 10.8. The zero-order chi connectivity index (χ0) is 32.8. The van der Waals surface area contributed by atoms with Crippen molar-refractivity contribution in [1.29, 1.82) is 0 Å². The Balaban J connectivity index is 1.83. The van der Waals surface area contributed by atoms with Gasteiger partial charge in [-0.2, -0.15) is 5.53 Å². The minimum absolute atomic E-state index is 0.0427. The van der Waals surface area contributed by atoms with Gasteiger partial charge in [0.2, 0.25) is 23.4 Å². The van der Waals surface area contributed by atoms with Crippen molar-refractivity contribution in [3.05, 3.63) is 65.9 Å². The van der Waals surface area contributed by atoms with Gasteiger partial charge in [0.05, 0.1) is 6.04 Å². The van der Waals surface area contributed by atoms with Crippen molar-refractivity contribution >= 4 is 47.1 Å². The fourth-order valence-corrected chi connectivity index (χ4v) is 4.89. The summed E-state index contributed by atoms with van der Waals surface area (Å²) in [6, 6.07) is 10.6. The maximum Gasteiger partial charge on any atom is 0.243 e. The van der Waals surface area contributed by atoms with E-state index in [1.807, 2.05) is 24.3 Å². The quantitative estimate of drug-likeness (QED) is 0.0168. The Morgan fingerprint density at radius 2 is 1.58 bits per heavy atom. The van der Waals surface area contributed by atoms with E-state index in [-0.39, 0.29) is 38.0 Å². The van der Waals surface area contributed by atoms with Crippen LogP contribution in [0.15, 0.2) is 54.7 Å². The second kappa shape index (κ2) is 18.2. The lowest BCUT2D eigenvalue weighted by molar-refractivity contribution is -0.139. The Morgan fingerprint density at radius 3 is 2.27 bits per heavy atom. The van der Waals surface area contributed by atoms with Crippen molar-refractivity contribution in [1.82, 2.24) is 36.6 Å². The number of phenolic OH excluding ortho intramolecular Hbond substituents is 1.